The first-order chi connectivity index (χ1) is 62.8. The van der Waals surface area contributed by atoms with Gasteiger partial charge in [-0.15, -0.1) is 0 Å². The van der Waals surface area contributed by atoms with Crippen LogP contribution in [0.3, 0.4) is 0 Å². The van der Waals surface area contributed by atoms with Crippen molar-refractivity contribution in [2.24, 2.45) is 0 Å². The number of thioether (sulfide) groups is 4. The van der Waals surface area contributed by atoms with Gasteiger partial charge in [-0.1, -0.05) is 291 Å². The topological polar surface area (TPSA) is 254 Å². The monoisotopic (exact) mass is 1740 g/mol. The zero-order valence-corrected chi connectivity index (χ0v) is 73.3. The number of nitrogens with zero attached hydrogens (tertiary/aromatic N) is 12. The standard InChI is InChI=1S/C29H21N3OS.C27H19N3O2S.C25H19N3O2S.C25H19N3OS/c1-2-34-29-31-27(23-13-7-8-14-26(23)33)30-28(32-29)25-17-24-19-10-4-3-9-18(19)15-16-22(24)20-11-5-6-12-21(20)25;1-32-18-10-13-21(22(31)14-18)26-28-25(29-27(30-26)33-2)20-12-9-17-7-6-15-4-3-5-16-8-11-19(20)24(17)23(15)16;1-30-16-11-12-20(22(29)14-16)23-26-24(28-25(27-23)31-2)21-13-15-7-3-4-8-17(15)18-9-5-6-10-19(18)21;1-2-30-25-27-23(20-13-7-8-14-22(20)29)26-24(28-25)21-15-16-9-3-4-10-17(16)18-11-5-6-12-19(18)21/h3-17,33H,2H2,1H3;3-14,31H,1-2H3;3-14,29H,1-2H3;3-15,29H,2H2,1H3. The number of phenols is 4. The van der Waals surface area contributed by atoms with Crippen LogP contribution in [-0.2, 0) is 0 Å². The number of hydrogen-bond donors (Lipinski definition) is 4. The molecule has 0 aliphatic rings. The molecule has 4 heterocycles. The normalized spacial score (nSPS) is 11.4. The SMILES string of the molecule is CCSc1nc(-c2ccccc2O)nc(-c2cc3c4ccccc4ccc3c3ccccc23)n1.CCSc1nc(-c2ccccc2O)nc(-c2cc3ccccc3c3ccccc23)n1.COc1ccc(-c2nc(SC)nc(-c3cc4ccccc4c4ccccc34)n2)c(O)c1.COc1ccc(-c2nc(SC)nc(-c3ccc4ccc5cccc6ccc3c4c56)n2)c(O)c1. The molecule has 0 spiro atoms. The fourth-order valence-electron chi connectivity index (χ4n) is 16.4. The van der Waals surface area contributed by atoms with Crippen LogP contribution < -0.4 is 9.47 Å². The van der Waals surface area contributed by atoms with Crippen LogP contribution in [0.4, 0.5) is 0 Å². The van der Waals surface area contributed by atoms with E-state index < -0.39 is 0 Å². The Bertz CT molecular complexity index is 8040. The van der Waals surface area contributed by atoms with Crippen molar-refractivity contribution >= 4 is 155 Å². The Hall–Kier alpha value is -14.9. The largest absolute Gasteiger partial charge is 0.507 e. The summed E-state index contributed by atoms with van der Waals surface area (Å²) in [5.41, 5.74) is 6.05. The van der Waals surface area contributed by atoms with Crippen molar-refractivity contribution in [3.05, 3.63) is 315 Å². The highest BCUT2D eigenvalue weighted by molar-refractivity contribution is 7.99. The van der Waals surface area contributed by atoms with Crippen LogP contribution >= 0.6 is 47.0 Å². The highest BCUT2D eigenvalue weighted by Gasteiger charge is 2.24. The first-order valence-corrected chi connectivity index (χ1v) is 45.7. The first kappa shape index (κ1) is 82.7. The van der Waals surface area contributed by atoms with E-state index in [-0.39, 0.29) is 23.0 Å². The molecule has 0 bridgehead atoms. The van der Waals surface area contributed by atoms with Gasteiger partial charge in [0.25, 0.3) is 0 Å². The maximum absolute atomic E-state index is 10.6. The number of rotatable bonds is 16. The Morgan fingerprint density at radius 1 is 0.219 bits per heavy atom. The Balaban J connectivity index is 0.000000111. The van der Waals surface area contributed by atoms with Crippen LogP contribution in [0.5, 0.6) is 34.5 Å². The highest BCUT2D eigenvalue weighted by Crippen LogP contribution is 2.45. The van der Waals surface area contributed by atoms with Gasteiger partial charge in [0.05, 0.1) is 36.5 Å². The van der Waals surface area contributed by atoms with Gasteiger partial charge in [0.2, 0.25) is 0 Å². The Morgan fingerprint density at radius 3 is 0.938 bits per heavy atom. The van der Waals surface area contributed by atoms with Crippen LogP contribution in [0.15, 0.2) is 336 Å². The van der Waals surface area contributed by atoms with Crippen LogP contribution in [0.2, 0.25) is 0 Å². The van der Waals surface area contributed by atoms with Gasteiger partial charge >= 0.3 is 0 Å². The maximum Gasteiger partial charge on any atom is 0.191 e. The van der Waals surface area contributed by atoms with E-state index in [2.05, 4.69) is 222 Å². The molecular weight excluding hydrogens is 1670 g/mol. The number of phenolic OH excluding ortho intramolecular Hbond substituents is 4. The van der Waals surface area contributed by atoms with Crippen molar-refractivity contribution in [1.82, 2.24) is 59.8 Å². The summed E-state index contributed by atoms with van der Waals surface area (Å²) in [5.74, 6) is 7.45. The smallest absolute Gasteiger partial charge is 0.191 e. The number of hydrogen-bond acceptors (Lipinski definition) is 22. The molecule has 0 unspecified atom stereocenters. The predicted molar refractivity (Wildman–Crippen MR) is 525 cm³/mol. The summed E-state index contributed by atoms with van der Waals surface area (Å²) >= 11 is 6.02. The van der Waals surface area contributed by atoms with Gasteiger partial charge < -0.3 is 29.9 Å². The third-order valence-corrected chi connectivity index (χ3v) is 24.9. The highest BCUT2D eigenvalue weighted by atomic mass is 32.2. The van der Waals surface area contributed by atoms with Crippen molar-refractivity contribution in [1.29, 1.82) is 0 Å². The minimum absolute atomic E-state index is 0.0620. The molecule has 22 rings (SSSR count). The average Bonchev–Trinajstić information content (AvgIpc) is 0.737. The lowest BCUT2D eigenvalue weighted by molar-refractivity contribution is 0.407. The zero-order valence-electron chi connectivity index (χ0n) is 70.0. The number of methoxy groups -OCH3 is 2. The molecule has 128 heavy (non-hydrogen) atoms. The fourth-order valence-corrected chi connectivity index (χ4v) is 18.2. The molecule has 4 aromatic heterocycles. The van der Waals surface area contributed by atoms with E-state index >= 15 is 0 Å². The van der Waals surface area contributed by atoms with Gasteiger partial charge in [0.1, 0.15) is 34.5 Å². The molecule has 0 atom stereocenters. The van der Waals surface area contributed by atoms with Gasteiger partial charge in [0, 0.05) is 34.4 Å². The van der Waals surface area contributed by atoms with Crippen molar-refractivity contribution in [3.63, 3.8) is 0 Å². The van der Waals surface area contributed by atoms with E-state index in [1.165, 1.54) is 88.2 Å². The summed E-state index contributed by atoms with van der Waals surface area (Å²) in [6.45, 7) is 4.14. The fraction of sp³-hybridized carbons (Fsp3) is 0.0755. The number of aromatic hydroxyl groups is 4. The lowest BCUT2D eigenvalue weighted by atomic mass is 9.92. The van der Waals surface area contributed by atoms with E-state index in [9.17, 15) is 20.4 Å². The summed E-state index contributed by atoms with van der Waals surface area (Å²) in [7, 11) is 3.13. The summed E-state index contributed by atoms with van der Waals surface area (Å²) in [6.07, 6.45) is 3.86. The van der Waals surface area contributed by atoms with Crippen LogP contribution in [0, 0.1) is 0 Å². The quantitative estimate of drug-likeness (QED) is 0.0518. The maximum atomic E-state index is 10.6. The summed E-state index contributed by atoms with van der Waals surface area (Å²) < 4.78 is 10.4. The van der Waals surface area contributed by atoms with Crippen molar-refractivity contribution in [2.75, 3.05) is 38.2 Å². The van der Waals surface area contributed by atoms with Gasteiger partial charge in [-0.05, 0) is 205 Å². The number of aromatic nitrogens is 12. The Labute approximate surface area is 752 Å². The summed E-state index contributed by atoms with van der Waals surface area (Å²) in [6, 6.07) is 105. The predicted octanol–water partition coefficient (Wildman–Crippen LogP) is 26.3. The van der Waals surface area contributed by atoms with Gasteiger partial charge in [-0.3, -0.25) is 0 Å². The number of ether oxygens (including phenoxy) is 2. The van der Waals surface area contributed by atoms with Crippen LogP contribution in [-0.4, -0.2) is 118 Å². The third kappa shape index (κ3) is 16.3. The molecule has 0 amide bonds. The number of para-hydroxylation sites is 2. The minimum Gasteiger partial charge on any atom is -0.507 e. The molecule has 0 radical (unpaired) electrons. The second-order valence-electron chi connectivity index (χ2n) is 29.8. The van der Waals surface area contributed by atoms with Crippen molar-refractivity contribution < 1.29 is 29.9 Å². The summed E-state index contributed by atoms with van der Waals surface area (Å²) in [4.78, 5) is 56.6. The number of fused-ring (bicyclic) bond motifs is 11. The molecule has 18 nitrogen and oxygen atoms in total. The zero-order chi connectivity index (χ0) is 87.5. The molecule has 0 aliphatic heterocycles. The summed E-state index contributed by atoms with van der Waals surface area (Å²) in [5, 5.41) is 67.7. The second-order valence-corrected chi connectivity index (χ2v) is 33.8. The van der Waals surface area contributed by atoms with E-state index in [4.69, 9.17) is 49.3 Å². The first-order valence-electron chi connectivity index (χ1n) is 41.3. The van der Waals surface area contributed by atoms with E-state index in [1.54, 1.807) is 98.4 Å². The van der Waals surface area contributed by atoms with Crippen molar-refractivity contribution in [2.45, 2.75) is 34.5 Å². The van der Waals surface area contributed by atoms with E-state index in [0.29, 0.717) is 101 Å². The molecule has 622 valence electrons. The van der Waals surface area contributed by atoms with E-state index in [0.717, 1.165) is 76.8 Å². The Morgan fingerprint density at radius 2 is 0.516 bits per heavy atom. The van der Waals surface area contributed by atoms with Gasteiger partial charge in [-0.2, -0.15) is 0 Å². The van der Waals surface area contributed by atoms with Gasteiger partial charge in [0.15, 0.2) is 67.2 Å². The van der Waals surface area contributed by atoms with Crippen LogP contribution in [0.1, 0.15) is 13.8 Å². The molecule has 22 aromatic rings. The molecular formula is C106H78N12O6S4. The molecule has 18 aromatic carbocycles. The molecule has 0 fully saturated rings. The molecule has 22 heteroatoms. The average molecular weight is 1740 g/mol. The lowest BCUT2D eigenvalue weighted by Crippen LogP contribution is -2.00. The molecule has 0 saturated carbocycles. The Kier molecular flexibility index (Phi) is 23.5. The minimum atomic E-state index is 0.0620. The molecule has 4 N–H and O–H groups in total. The van der Waals surface area contributed by atoms with Gasteiger partial charge in [-0.25, -0.2) is 59.8 Å². The molecule has 0 aliphatic carbocycles. The molecule has 0 saturated heterocycles. The lowest BCUT2D eigenvalue weighted by Gasteiger charge is -2.14. The second kappa shape index (κ2) is 36.3. The van der Waals surface area contributed by atoms with Crippen molar-refractivity contribution in [3.8, 4) is 126 Å². The third-order valence-electron chi connectivity index (χ3n) is 22.3. The van der Waals surface area contributed by atoms with E-state index in [1.807, 2.05) is 79.2 Å². The van der Waals surface area contributed by atoms with Crippen LogP contribution in [0.25, 0.3) is 199 Å². The number of benzene rings is 18.